The minimum absolute atomic E-state index is 0.220. The fraction of sp³-hybridized carbons (Fsp3) is 0. The molecule has 2 aromatic rings. The monoisotopic (exact) mass is 148 g/mol. The zero-order valence-electron chi connectivity index (χ0n) is 5.89. The summed E-state index contributed by atoms with van der Waals surface area (Å²) in [6.07, 6.45) is 1.77. The third kappa shape index (κ3) is 0.909. The van der Waals surface area contributed by atoms with Gasteiger partial charge in [-0.3, -0.25) is 0 Å². The minimum atomic E-state index is -0.220. The Hall–Kier alpha value is -1.31. The van der Waals surface area contributed by atoms with Crippen molar-refractivity contribution in [1.82, 2.24) is 4.98 Å². The van der Waals surface area contributed by atoms with Gasteiger partial charge in [0.25, 0.3) is 0 Å². The molecule has 0 bridgehead atoms. The molecule has 55 valence electrons. The van der Waals surface area contributed by atoms with E-state index in [9.17, 15) is 4.39 Å². The molecule has 1 N–H and O–H groups in total. The van der Waals surface area contributed by atoms with Gasteiger partial charge in [0.1, 0.15) is 5.82 Å². The van der Waals surface area contributed by atoms with Gasteiger partial charge in [0.15, 0.2) is 0 Å². The highest BCUT2D eigenvalue weighted by molar-refractivity contribution is 5.83. The zero-order valence-corrected chi connectivity index (χ0v) is 5.89. The second kappa shape index (κ2) is 2.09. The van der Waals surface area contributed by atoms with E-state index in [1.54, 1.807) is 12.3 Å². The van der Waals surface area contributed by atoms with E-state index in [1.165, 1.54) is 12.1 Å². The van der Waals surface area contributed by atoms with Crippen LogP contribution >= 0.6 is 0 Å². The summed E-state index contributed by atoms with van der Waals surface area (Å²) < 4.78 is 12.7. The Labute approximate surface area is 63.9 Å². The summed E-state index contributed by atoms with van der Waals surface area (Å²) in [6.45, 7) is 3.75. The van der Waals surface area contributed by atoms with Crippen LogP contribution in [-0.4, -0.2) is 4.98 Å². The lowest BCUT2D eigenvalue weighted by Crippen LogP contribution is -1.73. The first kappa shape index (κ1) is 6.40. The van der Waals surface area contributed by atoms with Crippen LogP contribution in [0, 0.1) is 12.7 Å². The van der Waals surface area contributed by atoms with Gasteiger partial charge in [-0.2, -0.15) is 0 Å². The topological polar surface area (TPSA) is 15.8 Å². The average Bonchev–Trinajstić information content (AvgIpc) is 2.33. The van der Waals surface area contributed by atoms with Gasteiger partial charge in [0.2, 0.25) is 0 Å². The zero-order chi connectivity index (χ0) is 7.84. The highest BCUT2D eigenvalue weighted by Crippen LogP contribution is 2.17. The molecule has 0 spiro atoms. The number of hydrogen-bond donors (Lipinski definition) is 1. The number of aromatic amines is 1. The maximum absolute atomic E-state index is 12.7. The van der Waals surface area contributed by atoms with E-state index in [1.807, 2.05) is 0 Å². The van der Waals surface area contributed by atoms with Crippen LogP contribution in [0.4, 0.5) is 4.39 Å². The molecule has 0 aliphatic carbocycles. The van der Waals surface area contributed by atoms with Crippen molar-refractivity contribution in [3.63, 3.8) is 0 Å². The SMILES string of the molecule is [CH2]c1c[nH]c2ccc(F)cc12. The van der Waals surface area contributed by atoms with Crippen molar-refractivity contribution >= 4 is 10.9 Å². The molecular formula is C9H7FN. The van der Waals surface area contributed by atoms with Crippen molar-refractivity contribution in [3.8, 4) is 0 Å². The molecule has 0 aliphatic heterocycles. The van der Waals surface area contributed by atoms with E-state index >= 15 is 0 Å². The molecule has 0 unspecified atom stereocenters. The lowest BCUT2D eigenvalue weighted by molar-refractivity contribution is 0.629. The van der Waals surface area contributed by atoms with Crippen LogP contribution in [0.25, 0.3) is 10.9 Å². The molecule has 1 aromatic carbocycles. The van der Waals surface area contributed by atoms with Crippen molar-refractivity contribution in [2.24, 2.45) is 0 Å². The van der Waals surface area contributed by atoms with Crippen LogP contribution in [0.3, 0.4) is 0 Å². The van der Waals surface area contributed by atoms with Gasteiger partial charge >= 0.3 is 0 Å². The Morgan fingerprint density at radius 1 is 1.36 bits per heavy atom. The summed E-state index contributed by atoms with van der Waals surface area (Å²) in [5, 5.41) is 0.852. The summed E-state index contributed by atoms with van der Waals surface area (Å²) in [7, 11) is 0. The second-order valence-electron chi connectivity index (χ2n) is 2.50. The summed E-state index contributed by atoms with van der Waals surface area (Å²) in [5.41, 5.74) is 1.76. The van der Waals surface area contributed by atoms with Crippen LogP contribution < -0.4 is 0 Å². The Kier molecular flexibility index (Phi) is 1.22. The van der Waals surface area contributed by atoms with Gasteiger partial charge in [-0.25, -0.2) is 4.39 Å². The molecule has 0 saturated carbocycles. The molecule has 0 amide bonds. The predicted molar refractivity (Wildman–Crippen MR) is 42.7 cm³/mol. The van der Waals surface area contributed by atoms with E-state index in [-0.39, 0.29) is 5.82 Å². The van der Waals surface area contributed by atoms with E-state index in [4.69, 9.17) is 0 Å². The van der Waals surface area contributed by atoms with E-state index in [0.717, 1.165) is 16.5 Å². The van der Waals surface area contributed by atoms with Crippen molar-refractivity contribution < 1.29 is 4.39 Å². The lowest BCUT2D eigenvalue weighted by atomic mass is 10.2. The lowest BCUT2D eigenvalue weighted by Gasteiger charge is -1.90. The Morgan fingerprint density at radius 3 is 3.00 bits per heavy atom. The Balaban J connectivity index is 2.87. The predicted octanol–water partition coefficient (Wildman–Crippen LogP) is 2.49. The van der Waals surface area contributed by atoms with Gasteiger partial charge in [-0.15, -0.1) is 0 Å². The van der Waals surface area contributed by atoms with E-state index < -0.39 is 0 Å². The number of H-pyrrole nitrogens is 1. The normalized spacial score (nSPS) is 10.7. The summed E-state index contributed by atoms with van der Waals surface area (Å²) in [6, 6.07) is 4.62. The minimum Gasteiger partial charge on any atom is -0.361 e. The smallest absolute Gasteiger partial charge is 0.123 e. The van der Waals surface area contributed by atoms with Crippen LogP contribution in [0.2, 0.25) is 0 Å². The summed E-state index contributed by atoms with van der Waals surface area (Å²) in [5.74, 6) is -0.220. The highest BCUT2D eigenvalue weighted by atomic mass is 19.1. The van der Waals surface area contributed by atoms with Gasteiger partial charge in [0.05, 0.1) is 0 Å². The molecule has 2 rings (SSSR count). The molecule has 1 radical (unpaired) electrons. The van der Waals surface area contributed by atoms with Crippen molar-refractivity contribution in [3.05, 3.63) is 42.7 Å². The standard InChI is InChI=1S/C9H7FN/c1-6-5-11-9-3-2-7(10)4-8(6)9/h2-5,11H,1H2. The number of nitrogens with one attached hydrogen (secondary N) is 1. The van der Waals surface area contributed by atoms with E-state index in [2.05, 4.69) is 11.9 Å². The quantitative estimate of drug-likeness (QED) is 0.590. The van der Waals surface area contributed by atoms with Crippen LogP contribution in [-0.2, 0) is 0 Å². The first-order valence-corrected chi connectivity index (χ1v) is 3.36. The summed E-state index contributed by atoms with van der Waals surface area (Å²) >= 11 is 0. The molecular weight excluding hydrogens is 141 g/mol. The number of benzene rings is 1. The molecule has 1 heterocycles. The van der Waals surface area contributed by atoms with Crippen molar-refractivity contribution in [1.29, 1.82) is 0 Å². The number of rotatable bonds is 0. The Morgan fingerprint density at radius 2 is 2.18 bits per heavy atom. The molecule has 0 fully saturated rings. The number of halogens is 1. The molecule has 0 aliphatic rings. The largest absolute Gasteiger partial charge is 0.361 e. The fourth-order valence-electron chi connectivity index (χ4n) is 1.15. The Bertz CT molecular complexity index is 389. The van der Waals surface area contributed by atoms with Crippen LogP contribution in [0.1, 0.15) is 5.56 Å². The molecule has 0 saturated heterocycles. The highest BCUT2D eigenvalue weighted by Gasteiger charge is 1.99. The first-order chi connectivity index (χ1) is 5.27. The van der Waals surface area contributed by atoms with Gasteiger partial charge in [0, 0.05) is 17.1 Å². The molecule has 1 aromatic heterocycles. The first-order valence-electron chi connectivity index (χ1n) is 3.36. The van der Waals surface area contributed by atoms with Gasteiger partial charge < -0.3 is 4.98 Å². The second-order valence-corrected chi connectivity index (χ2v) is 2.50. The number of hydrogen-bond acceptors (Lipinski definition) is 0. The molecule has 1 nitrogen and oxygen atoms in total. The van der Waals surface area contributed by atoms with E-state index in [0.29, 0.717) is 0 Å². The third-order valence-electron chi connectivity index (χ3n) is 1.73. The summed E-state index contributed by atoms with van der Waals surface area (Å²) in [4.78, 5) is 2.99. The maximum atomic E-state index is 12.7. The van der Waals surface area contributed by atoms with Gasteiger partial charge in [-0.05, 0) is 30.7 Å². The van der Waals surface area contributed by atoms with Crippen molar-refractivity contribution in [2.45, 2.75) is 0 Å². The fourth-order valence-corrected chi connectivity index (χ4v) is 1.15. The molecule has 0 atom stereocenters. The van der Waals surface area contributed by atoms with Crippen molar-refractivity contribution in [2.75, 3.05) is 0 Å². The maximum Gasteiger partial charge on any atom is 0.123 e. The van der Waals surface area contributed by atoms with Gasteiger partial charge in [-0.1, -0.05) is 0 Å². The number of fused-ring (bicyclic) bond motifs is 1. The number of aromatic nitrogens is 1. The molecule has 2 heteroatoms. The molecule has 11 heavy (non-hydrogen) atoms. The third-order valence-corrected chi connectivity index (χ3v) is 1.73. The van der Waals surface area contributed by atoms with Crippen LogP contribution in [0.5, 0.6) is 0 Å². The average molecular weight is 148 g/mol. The van der Waals surface area contributed by atoms with Crippen LogP contribution in [0.15, 0.2) is 24.4 Å².